The number of nitrogens with one attached hydrogen (secondary N) is 2. The molecule has 212 valence electrons. The lowest BCUT2D eigenvalue weighted by Crippen LogP contribution is -2.62. The molecule has 1 aliphatic heterocycles. The number of para-hydroxylation sites is 2. The number of aliphatic hydroxyl groups excluding tert-OH is 2. The molecular formula is C21H25F5N4O8. The van der Waals surface area contributed by atoms with Crippen LogP contribution < -0.4 is 20.4 Å². The van der Waals surface area contributed by atoms with Gasteiger partial charge in [-0.25, -0.2) is 4.79 Å². The molecule has 2 rings (SSSR count). The Morgan fingerprint density at radius 3 is 2.21 bits per heavy atom. The van der Waals surface area contributed by atoms with Gasteiger partial charge in [-0.2, -0.15) is 22.0 Å². The van der Waals surface area contributed by atoms with Crippen LogP contribution in [0.5, 0.6) is 0 Å². The molecule has 2 atom stereocenters. The van der Waals surface area contributed by atoms with Gasteiger partial charge in [0, 0.05) is 6.54 Å². The Hall–Kier alpha value is -3.57. The van der Waals surface area contributed by atoms with E-state index in [0.717, 1.165) is 15.1 Å². The Balaban J connectivity index is 2.33. The van der Waals surface area contributed by atoms with E-state index in [2.05, 4.69) is 0 Å². The largest absolute Gasteiger partial charge is 0.455 e. The van der Waals surface area contributed by atoms with E-state index in [-0.39, 0.29) is 17.9 Å². The quantitative estimate of drug-likeness (QED) is 0.201. The number of benzene rings is 1. The molecule has 1 aromatic carbocycles. The zero-order valence-electron chi connectivity index (χ0n) is 19.8. The van der Waals surface area contributed by atoms with E-state index in [9.17, 15) is 51.3 Å². The molecule has 38 heavy (non-hydrogen) atoms. The van der Waals surface area contributed by atoms with Crippen molar-refractivity contribution in [1.29, 1.82) is 0 Å². The van der Waals surface area contributed by atoms with Crippen molar-refractivity contribution in [3.8, 4) is 0 Å². The van der Waals surface area contributed by atoms with Crippen molar-refractivity contribution in [2.75, 3.05) is 49.3 Å². The van der Waals surface area contributed by atoms with Gasteiger partial charge >= 0.3 is 18.2 Å². The van der Waals surface area contributed by atoms with Crippen molar-refractivity contribution in [1.82, 2.24) is 10.6 Å². The summed E-state index contributed by atoms with van der Waals surface area (Å²) in [5, 5.41) is 31.9. The standard InChI is InChI=1S/C21H25F5N4O8/c1-19(37,16(34)27-11-20(22,23)21(24,25)26)17(35)28-12-10-30(18(36)38-9-8-32)14-5-3-2-4-13(14)29(6-7-31)15(12)33/h2-5,12,31-32,37H,6-11H2,1H3,(H,27,34)(H,28,35)/t12-,19-/m0/s1. The summed E-state index contributed by atoms with van der Waals surface area (Å²) in [5.74, 6) is -9.88. The summed E-state index contributed by atoms with van der Waals surface area (Å²) in [6, 6.07) is 4.08. The number of carbonyl (C=O) groups is 4. The first-order chi connectivity index (χ1) is 17.6. The van der Waals surface area contributed by atoms with Gasteiger partial charge in [0.2, 0.25) is 5.60 Å². The van der Waals surface area contributed by atoms with Crippen LogP contribution in [0, 0.1) is 0 Å². The first-order valence-electron chi connectivity index (χ1n) is 10.9. The molecule has 0 aliphatic carbocycles. The number of ether oxygens (including phenoxy) is 1. The van der Waals surface area contributed by atoms with Crippen LogP contribution in [-0.4, -0.2) is 102 Å². The van der Waals surface area contributed by atoms with Crippen molar-refractivity contribution in [2.24, 2.45) is 0 Å². The second-order valence-electron chi connectivity index (χ2n) is 8.13. The number of rotatable bonds is 9. The number of anilines is 2. The van der Waals surface area contributed by atoms with Crippen LogP contribution in [0.25, 0.3) is 0 Å². The monoisotopic (exact) mass is 556 g/mol. The van der Waals surface area contributed by atoms with Gasteiger partial charge in [0.05, 0.1) is 37.7 Å². The fraction of sp³-hybridized carbons (Fsp3) is 0.524. The lowest BCUT2D eigenvalue weighted by molar-refractivity contribution is -0.278. The highest BCUT2D eigenvalue weighted by Gasteiger charge is 2.58. The zero-order valence-corrected chi connectivity index (χ0v) is 19.8. The molecule has 0 saturated carbocycles. The maximum Gasteiger partial charge on any atom is 0.455 e. The Morgan fingerprint density at radius 2 is 1.66 bits per heavy atom. The molecule has 1 aromatic rings. The highest BCUT2D eigenvalue weighted by molar-refractivity contribution is 6.11. The van der Waals surface area contributed by atoms with Gasteiger partial charge in [-0.05, 0) is 19.1 Å². The van der Waals surface area contributed by atoms with Crippen LogP contribution in [0.1, 0.15) is 6.92 Å². The number of hydrogen-bond acceptors (Lipinski definition) is 8. The number of hydrogen-bond donors (Lipinski definition) is 5. The molecule has 0 radical (unpaired) electrons. The highest BCUT2D eigenvalue weighted by Crippen LogP contribution is 2.35. The lowest BCUT2D eigenvalue weighted by Gasteiger charge is -2.28. The molecule has 5 N–H and O–H groups in total. The second-order valence-corrected chi connectivity index (χ2v) is 8.13. The number of nitrogens with zero attached hydrogens (tertiary/aromatic N) is 2. The fourth-order valence-corrected chi connectivity index (χ4v) is 3.27. The molecule has 0 aromatic heterocycles. The molecule has 1 aliphatic rings. The second kappa shape index (κ2) is 11.9. The number of carbonyl (C=O) groups excluding carboxylic acids is 4. The van der Waals surface area contributed by atoms with Crippen LogP contribution in [0.15, 0.2) is 24.3 Å². The van der Waals surface area contributed by atoms with Crippen LogP contribution in [-0.2, 0) is 19.1 Å². The summed E-state index contributed by atoms with van der Waals surface area (Å²) in [6.45, 7) is -4.29. The Bertz CT molecular complexity index is 1050. The van der Waals surface area contributed by atoms with Crippen molar-refractivity contribution >= 4 is 35.2 Å². The molecule has 17 heteroatoms. The first-order valence-corrected chi connectivity index (χ1v) is 10.9. The maximum absolute atomic E-state index is 13.3. The smallest absolute Gasteiger partial charge is 0.447 e. The minimum absolute atomic E-state index is 0.0906. The number of amides is 4. The average Bonchev–Trinajstić information content (AvgIpc) is 2.96. The topological polar surface area (TPSA) is 169 Å². The SMILES string of the molecule is C[C@](O)(C(=O)NCC(F)(F)C(F)(F)F)C(=O)N[C@H]1CN(C(=O)OCCO)c2ccccc2N(CCO)C1=O. The van der Waals surface area contributed by atoms with Crippen LogP contribution in [0.3, 0.4) is 0 Å². The normalized spacial score (nSPS) is 17.7. The van der Waals surface area contributed by atoms with E-state index in [0.29, 0.717) is 6.92 Å². The molecule has 12 nitrogen and oxygen atoms in total. The number of alkyl halides is 5. The van der Waals surface area contributed by atoms with E-state index in [4.69, 9.17) is 9.84 Å². The summed E-state index contributed by atoms with van der Waals surface area (Å²) in [7, 11) is 0. The minimum Gasteiger partial charge on any atom is -0.447 e. The molecule has 0 spiro atoms. The zero-order chi connectivity index (χ0) is 28.9. The predicted octanol–water partition coefficient (Wildman–Crippen LogP) is -0.490. The van der Waals surface area contributed by atoms with E-state index < -0.39 is 80.5 Å². The third kappa shape index (κ3) is 6.65. The number of halogens is 5. The van der Waals surface area contributed by atoms with Crippen LogP contribution in [0.4, 0.5) is 38.1 Å². The van der Waals surface area contributed by atoms with Crippen molar-refractivity contribution in [2.45, 2.75) is 30.7 Å². The molecule has 0 unspecified atom stereocenters. The predicted molar refractivity (Wildman–Crippen MR) is 118 cm³/mol. The Labute approximate surface area is 211 Å². The molecular weight excluding hydrogens is 531 g/mol. The summed E-state index contributed by atoms with van der Waals surface area (Å²) >= 11 is 0. The van der Waals surface area contributed by atoms with Gasteiger partial charge < -0.3 is 35.6 Å². The Morgan fingerprint density at radius 1 is 1.05 bits per heavy atom. The van der Waals surface area contributed by atoms with Crippen LogP contribution in [0.2, 0.25) is 0 Å². The summed E-state index contributed by atoms with van der Waals surface area (Å²) < 4.78 is 68.3. The van der Waals surface area contributed by atoms with Gasteiger partial charge in [-0.3, -0.25) is 19.3 Å². The van der Waals surface area contributed by atoms with E-state index in [1.54, 1.807) is 0 Å². The van der Waals surface area contributed by atoms with Gasteiger partial charge in [0.25, 0.3) is 17.7 Å². The minimum atomic E-state index is -6.01. The Kier molecular flexibility index (Phi) is 9.57. The van der Waals surface area contributed by atoms with Crippen molar-refractivity contribution < 1.29 is 61.2 Å². The fourth-order valence-electron chi connectivity index (χ4n) is 3.27. The molecule has 0 fully saturated rings. The van der Waals surface area contributed by atoms with Gasteiger partial charge in [0.15, 0.2) is 0 Å². The third-order valence-corrected chi connectivity index (χ3v) is 5.33. The van der Waals surface area contributed by atoms with E-state index >= 15 is 0 Å². The number of aliphatic hydroxyl groups is 3. The van der Waals surface area contributed by atoms with Crippen LogP contribution >= 0.6 is 0 Å². The maximum atomic E-state index is 13.3. The summed E-state index contributed by atoms with van der Waals surface area (Å²) in [5.41, 5.74) is -3.04. The van der Waals surface area contributed by atoms with E-state index in [1.807, 2.05) is 5.32 Å². The summed E-state index contributed by atoms with van der Waals surface area (Å²) in [6.07, 6.45) is -7.08. The third-order valence-electron chi connectivity index (χ3n) is 5.33. The summed E-state index contributed by atoms with van der Waals surface area (Å²) in [4.78, 5) is 52.7. The molecule has 0 saturated heterocycles. The van der Waals surface area contributed by atoms with Crippen molar-refractivity contribution in [3.63, 3.8) is 0 Å². The van der Waals surface area contributed by atoms with Gasteiger partial charge in [0.1, 0.15) is 12.6 Å². The number of β-amino-alcohol motifs (C(OH)–C–C–N with tert-alkyl or cyclic N) is 1. The lowest BCUT2D eigenvalue weighted by atomic mass is 10.0. The molecule has 4 amide bonds. The van der Waals surface area contributed by atoms with Gasteiger partial charge in [-0.1, -0.05) is 12.1 Å². The number of fused-ring (bicyclic) bond motifs is 1. The highest BCUT2D eigenvalue weighted by atomic mass is 19.4. The van der Waals surface area contributed by atoms with Gasteiger partial charge in [-0.15, -0.1) is 0 Å². The first kappa shape index (κ1) is 30.7. The average molecular weight is 556 g/mol. The van der Waals surface area contributed by atoms with E-state index in [1.165, 1.54) is 24.3 Å². The van der Waals surface area contributed by atoms with Crippen molar-refractivity contribution in [3.05, 3.63) is 24.3 Å². The molecule has 1 heterocycles. The molecule has 0 bridgehead atoms.